The molecular formula is C22H25N3O4S. The Kier molecular flexibility index (Phi) is 7.21. The number of rotatable bonds is 9. The zero-order valence-corrected chi connectivity index (χ0v) is 17.7. The van der Waals surface area contributed by atoms with Crippen LogP contribution >= 0.6 is 0 Å². The Bertz CT molecular complexity index is 1010. The molecule has 158 valence electrons. The summed E-state index contributed by atoms with van der Waals surface area (Å²) in [7, 11) is -3.60. The summed E-state index contributed by atoms with van der Waals surface area (Å²) in [6, 6.07) is 14.8. The fourth-order valence-corrected chi connectivity index (χ4v) is 4.65. The van der Waals surface area contributed by atoms with Crippen LogP contribution in [-0.4, -0.2) is 51.4 Å². The molecule has 0 spiro atoms. The molecule has 0 aliphatic carbocycles. The molecule has 8 heteroatoms. The second-order valence-electron chi connectivity index (χ2n) is 7.33. The molecule has 0 aromatic heterocycles. The molecule has 0 radical (unpaired) electrons. The van der Waals surface area contributed by atoms with Crippen LogP contribution in [0.25, 0.3) is 0 Å². The molecule has 0 bridgehead atoms. The molecule has 3 rings (SSSR count). The number of hydrogen-bond acceptors (Lipinski definition) is 6. The third kappa shape index (κ3) is 5.89. The Hall–Kier alpha value is -2.73. The monoisotopic (exact) mass is 427 g/mol. The van der Waals surface area contributed by atoms with Gasteiger partial charge in [0.2, 0.25) is 10.0 Å². The van der Waals surface area contributed by atoms with E-state index in [4.69, 9.17) is 10.00 Å². The van der Waals surface area contributed by atoms with Crippen LogP contribution in [0.5, 0.6) is 5.75 Å². The van der Waals surface area contributed by atoms with Crippen molar-refractivity contribution in [3.8, 4) is 11.8 Å². The summed E-state index contributed by atoms with van der Waals surface area (Å²) in [5, 5.41) is 8.83. The number of ether oxygens (including phenoxy) is 1. The third-order valence-electron chi connectivity index (χ3n) is 5.04. The Morgan fingerprint density at radius 1 is 1.20 bits per heavy atom. The van der Waals surface area contributed by atoms with Crippen LogP contribution in [0.2, 0.25) is 0 Å². The van der Waals surface area contributed by atoms with E-state index in [1.54, 1.807) is 24.3 Å². The lowest BCUT2D eigenvalue weighted by Gasteiger charge is -2.17. The molecule has 2 aromatic rings. The van der Waals surface area contributed by atoms with E-state index in [9.17, 15) is 13.2 Å². The molecule has 1 heterocycles. The Labute approximate surface area is 177 Å². The zero-order chi connectivity index (χ0) is 21.6. The maximum Gasteiger partial charge on any atom is 0.240 e. The lowest BCUT2D eigenvalue weighted by molar-refractivity contribution is 0.101. The molecule has 0 amide bonds. The lowest BCUT2D eigenvalue weighted by atomic mass is 10.1. The first-order chi connectivity index (χ1) is 14.4. The number of ketones is 1. The van der Waals surface area contributed by atoms with Crippen molar-refractivity contribution in [2.24, 2.45) is 0 Å². The van der Waals surface area contributed by atoms with Gasteiger partial charge in [-0.2, -0.15) is 5.26 Å². The van der Waals surface area contributed by atoms with Gasteiger partial charge in [0.1, 0.15) is 5.75 Å². The predicted octanol–water partition coefficient (Wildman–Crippen LogP) is 2.58. The van der Waals surface area contributed by atoms with Crippen LogP contribution in [0, 0.1) is 11.3 Å². The van der Waals surface area contributed by atoms with E-state index >= 15 is 0 Å². The molecule has 30 heavy (non-hydrogen) atoms. The fourth-order valence-electron chi connectivity index (χ4n) is 3.39. The number of nitrogens with one attached hydrogen (secondary N) is 1. The second-order valence-corrected chi connectivity index (χ2v) is 9.04. The molecule has 7 nitrogen and oxygen atoms in total. The van der Waals surface area contributed by atoms with Gasteiger partial charge < -0.3 is 9.64 Å². The van der Waals surface area contributed by atoms with Crippen molar-refractivity contribution in [1.29, 1.82) is 5.26 Å². The van der Waals surface area contributed by atoms with Crippen molar-refractivity contribution in [1.82, 2.24) is 9.62 Å². The van der Waals surface area contributed by atoms with Crippen molar-refractivity contribution in [2.75, 3.05) is 26.2 Å². The highest BCUT2D eigenvalue weighted by atomic mass is 32.2. The molecule has 1 aliphatic heterocycles. The summed E-state index contributed by atoms with van der Waals surface area (Å²) in [6.45, 7) is 4.39. The Morgan fingerprint density at radius 3 is 2.53 bits per heavy atom. The van der Waals surface area contributed by atoms with Gasteiger partial charge in [-0.05, 0) is 74.8 Å². The third-order valence-corrected chi connectivity index (χ3v) is 6.57. The molecule has 1 N–H and O–H groups in total. The largest absolute Gasteiger partial charge is 0.494 e. The van der Waals surface area contributed by atoms with E-state index in [1.165, 1.54) is 31.2 Å². The predicted molar refractivity (Wildman–Crippen MR) is 113 cm³/mol. The highest BCUT2D eigenvalue weighted by molar-refractivity contribution is 7.89. The van der Waals surface area contributed by atoms with E-state index in [-0.39, 0.29) is 16.7 Å². The molecule has 1 atom stereocenters. The number of carbonyl (C=O) groups is 1. The van der Waals surface area contributed by atoms with Gasteiger partial charge in [0.05, 0.1) is 23.1 Å². The summed E-state index contributed by atoms with van der Waals surface area (Å²) in [5.41, 5.74) is 1.09. The molecule has 1 fully saturated rings. The van der Waals surface area contributed by atoms with Crippen molar-refractivity contribution in [2.45, 2.75) is 30.7 Å². The van der Waals surface area contributed by atoms with Gasteiger partial charge in [-0.15, -0.1) is 0 Å². The maximum absolute atomic E-state index is 12.5. The highest BCUT2D eigenvalue weighted by Crippen LogP contribution is 2.16. The second kappa shape index (κ2) is 9.85. The molecule has 2 aromatic carbocycles. The average molecular weight is 428 g/mol. The maximum atomic E-state index is 12.5. The van der Waals surface area contributed by atoms with Crippen LogP contribution in [0.4, 0.5) is 0 Å². The number of sulfonamides is 1. The number of carbonyl (C=O) groups excluding carboxylic acids is 1. The number of nitriles is 1. The minimum atomic E-state index is -3.60. The van der Waals surface area contributed by atoms with E-state index < -0.39 is 10.0 Å². The first-order valence-electron chi connectivity index (χ1n) is 9.86. The lowest BCUT2D eigenvalue weighted by Crippen LogP contribution is -2.37. The number of benzene rings is 2. The summed E-state index contributed by atoms with van der Waals surface area (Å²) < 4.78 is 33.5. The smallest absolute Gasteiger partial charge is 0.240 e. The van der Waals surface area contributed by atoms with Gasteiger partial charge in [0, 0.05) is 24.7 Å². The topological polar surface area (TPSA) is 99.5 Å². The van der Waals surface area contributed by atoms with E-state index in [0.29, 0.717) is 24.3 Å². The van der Waals surface area contributed by atoms with Crippen LogP contribution in [0.3, 0.4) is 0 Å². The van der Waals surface area contributed by atoms with Crippen LogP contribution in [0.1, 0.15) is 35.7 Å². The number of Topliss-reactive ketones (excluding diaryl/α,β-unsaturated/α-hetero) is 1. The molecule has 0 unspecified atom stereocenters. The van der Waals surface area contributed by atoms with Gasteiger partial charge >= 0.3 is 0 Å². The summed E-state index contributed by atoms with van der Waals surface area (Å²) in [4.78, 5) is 13.7. The quantitative estimate of drug-likeness (QED) is 0.488. The van der Waals surface area contributed by atoms with Crippen molar-refractivity contribution < 1.29 is 17.9 Å². The molecule has 1 aliphatic rings. The molecule has 0 saturated carbocycles. The van der Waals surface area contributed by atoms with Crippen molar-refractivity contribution in [3.05, 3.63) is 59.7 Å². The van der Waals surface area contributed by atoms with Crippen LogP contribution in [-0.2, 0) is 10.0 Å². The Morgan fingerprint density at radius 2 is 1.90 bits per heavy atom. The summed E-state index contributed by atoms with van der Waals surface area (Å²) in [6.07, 6.45) is 1.58. The molecule has 1 saturated heterocycles. The van der Waals surface area contributed by atoms with Gasteiger partial charge in [-0.25, -0.2) is 13.1 Å². The van der Waals surface area contributed by atoms with Gasteiger partial charge in [0.15, 0.2) is 5.78 Å². The van der Waals surface area contributed by atoms with Gasteiger partial charge in [-0.3, -0.25) is 4.79 Å². The van der Waals surface area contributed by atoms with Gasteiger partial charge in [-0.1, -0.05) is 0 Å². The average Bonchev–Trinajstić information content (AvgIpc) is 3.18. The molecular weight excluding hydrogens is 402 g/mol. The number of likely N-dealkylation sites (tertiary alicyclic amines) is 1. The SMILES string of the molecule is CC(=O)c1ccc(OCCCN2CC[C@@H](NS(=O)(=O)c3ccc(C#N)cc3)C2)cc1. The normalized spacial score (nSPS) is 16.9. The first-order valence-corrected chi connectivity index (χ1v) is 11.3. The van der Waals surface area contributed by atoms with E-state index in [1.807, 2.05) is 6.07 Å². The van der Waals surface area contributed by atoms with E-state index in [2.05, 4.69) is 9.62 Å². The first kappa shape index (κ1) is 22.0. The highest BCUT2D eigenvalue weighted by Gasteiger charge is 2.27. The standard InChI is InChI=1S/C22H25N3O4S/c1-17(26)19-5-7-21(8-6-19)29-14-2-12-25-13-11-20(16-25)24-30(27,28)22-9-3-18(15-23)4-10-22/h3-10,20,24H,2,11-14,16H2,1H3/t20-/m1/s1. The Balaban J connectivity index is 1.40. The van der Waals surface area contributed by atoms with Crippen LogP contribution < -0.4 is 9.46 Å². The minimum Gasteiger partial charge on any atom is -0.494 e. The summed E-state index contributed by atoms with van der Waals surface area (Å²) >= 11 is 0. The fraction of sp³-hybridized carbons (Fsp3) is 0.364. The minimum absolute atomic E-state index is 0.0277. The number of hydrogen-bond donors (Lipinski definition) is 1. The zero-order valence-electron chi connectivity index (χ0n) is 16.9. The van der Waals surface area contributed by atoms with Crippen molar-refractivity contribution in [3.63, 3.8) is 0 Å². The van der Waals surface area contributed by atoms with Gasteiger partial charge in [0.25, 0.3) is 0 Å². The van der Waals surface area contributed by atoms with Crippen molar-refractivity contribution >= 4 is 15.8 Å². The summed E-state index contributed by atoms with van der Waals surface area (Å²) in [5.74, 6) is 0.759. The van der Waals surface area contributed by atoms with Crippen LogP contribution in [0.15, 0.2) is 53.4 Å². The number of nitrogens with zero attached hydrogens (tertiary/aromatic N) is 2. The van der Waals surface area contributed by atoms with E-state index in [0.717, 1.165) is 31.7 Å².